The summed E-state index contributed by atoms with van der Waals surface area (Å²) < 4.78 is 48.9. The highest BCUT2D eigenvalue weighted by Gasteiger charge is 2.39. The zero-order valence-corrected chi connectivity index (χ0v) is 22.4. The van der Waals surface area contributed by atoms with Crippen molar-refractivity contribution >= 4 is 5.91 Å². The fourth-order valence-corrected chi connectivity index (χ4v) is 4.34. The van der Waals surface area contributed by atoms with Gasteiger partial charge in [-0.25, -0.2) is 0 Å². The summed E-state index contributed by atoms with van der Waals surface area (Å²) in [4.78, 5) is 25.9. The van der Waals surface area contributed by atoms with Gasteiger partial charge in [-0.3, -0.25) is 4.79 Å². The van der Waals surface area contributed by atoms with Crippen LogP contribution in [0.25, 0.3) is 0 Å². The molecule has 0 bridgehead atoms. The lowest BCUT2D eigenvalue weighted by atomic mass is 9.89. The summed E-state index contributed by atoms with van der Waals surface area (Å²) in [7, 11) is 0. The molecule has 0 unspecified atom stereocenters. The molecule has 14 heteroatoms. The van der Waals surface area contributed by atoms with E-state index in [0.29, 0.717) is 25.7 Å². The number of rotatable bonds is 18. The van der Waals surface area contributed by atoms with E-state index >= 15 is 0 Å². The van der Waals surface area contributed by atoms with Crippen molar-refractivity contribution in [3.63, 3.8) is 0 Å². The lowest BCUT2D eigenvalue weighted by Crippen LogP contribution is -2.27. The van der Waals surface area contributed by atoms with E-state index in [2.05, 4.69) is 10.2 Å². The summed E-state index contributed by atoms with van der Waals surface area (Å²) in [6.45, 7) is 0.0643. The number of aliphatic hydroxyl groups is 3. The largest absolute Gasteiger partial charge is 0.491 e. The molecule has 0 heterocycles. The molecule has 1 fully saturated rings. The molecular formula is C27H37F3N2O9. The van der Waals surface area contributed by atoms with E-state index in [1.165, 1.54) is 18.2 Å². The first-order valence-corrected chi connectivity index (χ1v) is 13.3. The topological polar surface area (TPSA) is 161 Å². The molecular weight excluding hydrogens is 553 g/mol. The molecule has 41 heavy (non-hydrogen) atoms. The molecule has 1 aliphatic carbocycles. The molecule has 1 amide bonds. The van der Waals surface area contributed by atoms with E-state index in [1.54, 1.807) is 6.08 Å². The molecule has 1 aromatic rings. The van der Waals surface area contributed by atoms with Gasteiger partial charge < -0.3 is 34.9 Å². The van der Waals surface area contributed by atoms with Crippen LogP contribution >= 0.6 is 0 Å². The molecule has 2 rings (SSSR count). The van der Waals surface area contributed by atoms with Crippen LogP contribution in [0.3, 0.4) is 0 Å². The Labute approximate surface area is 235 Å². The molecule has 1 aliphatic rings. The van der Waals surface area contributed by atoms with Crippen molar-refractivity contribution in [2.75, 3.05) is 33.0 Å². The first-order valence-electron chi connectivity index (χ1n) is 13.3. The number of nitrogens with zero attached hydrogens (tertiary/aromatic N) is 1. The summed E-state index contributed by atoms with van der Waals surface area (Å²) in [5.41, 5.74) is -0.857. The van der Waals surface area contributed by atoms with Crippen molar-refractivity contribution in [2.24, 2.45) is 11.8 Å². The number of ether oxygens (including phenoxy) is 2. The third-order valence-electron chi connectivity index (χ3n) is 6.40. The molecule has 1 saturated carbocycles. The number of benzene rings is 1. The van der Waals surface area contributed by atoms with Gasteiger partial charge in [0, 0.05) is 25.3 Å². The highest BCUT2D eigenvalue weighted by Crippen LogP contribution is 2.36. The third-order valence-corrected chi connectivity index (χ3v) is 6.40. The molecule has 0 spiro atoms. The maximum Gasteiger partial charge on any atom is 0.416 e. The number of alkyl halides is 3. The highest BCUT2D eigenvalue weighted by molar-refractivity contribution is 5.75. The smallest absolute Gasteiger partial charge is 0.416 e. The Morgan fingerprint density at radius 3 is 2.71 bits per heavy atom. The summed E-state index contributed by atoms with van der Waals surface area (Å²) >= 11 is 0. The molecule has 0 saturated heterocycles. The maximum absolute atomic E-state index is 12.8. The van der Waals surface area contributed by atoms with Crippen LogP contribution in [0, 0.1) is 22.0 Å². The number of hydrogen-bond acceptors (Lipinski definition) is 9. The van der Waals surface area contributed by atoms with E-state index in [0.717, 1.165) is 12.1 Å². The van der Waals surface area contributed by atoms with Gasteiger partial charge in [0.25, 0.3) is 5.09 Å². The Morgan fingerprint density at radius 2 is 1.98 bits per heavy atom. The molecule has 4 N–H and O–H groups in total. The van der Waals surface area contributed by atoms with Crippen LogP contribution in [-0.2, 0) is 20.5 Å². The SMILES string of the molecule is O=C(CCCC=CC[C@@H]1[C@@H](C=C[C@@H](O)COc2cccc(C(F)(F)F)c2)[C@H](O)C[C@@H]1O)NCCOCCO[N+](=O)[O-]. The maximum atomic E-state index is 12.8. The van der Waals surface area contributed by atoms with Crippen LogP contribution in [0.4, 0.5) is 13.2 Å². The Bertz CT molecular complexity index is 1010. The first-order chi connectivity index (χ1) is 19.5. The summed E-state index contributed by atoms with van der Waals surface area (Å²) in [5.74, 6) is -0.917. The third kappa shape index (κ3) is 13.3. The predicted octanol–water partition coefficient (Wildman–Crippen LogP) is 2.82. The Morgan fingerprint density at radius 1 is 1.20 bits per heavy atom. The Hall–Kier alpha value is -3.20. The zero-order chi connectivity index (χ0) is 30.3. The fourth-order valence-electron chi connectivity index (χ4n) is 4.34. The number of hydrogen-bond donors (Lipinski definition) is 4. The van der Waals surface area contributed by atoms with E-state index in [4.69, 9.17) is 9.47 Å². The van der Waals surface area contributed by atoms with E-state index in [9.17, 15) is 43.4 Å². The number of halogens is 3. The zero-order valence-electron chi connectivity index (χ0n) is 22.4. The van der Waals surface area contributed by atoms with Crippen molar-refractivity contribution in [1.29, 1.82) is 0 Å². The van der Waals surface area contributed by atoms with Crippen molar-refractivity contribution in [1.82, 2.24) is 5.32 Å². The van der Waals surface area contributed by atoms with Crippen LogP contribution in [0.15, 0.2) is 48.6 Å². The molecule has 11 nitrogen and oxygen atoms in total. The number of aliphatic hydroxyl groups excluding tert-OH is 3. The second-order valence-corrected chi connectivity index (χ2v) is 9.52. The van der Waals surface area contributed by atoms with Gasteiger partial charge >= 0.3 is 6.18 Å². The number of allylic oxidation sites excluding steroid dienone is 2. The lowest BCUT2D eigenvalue weighted by molar-refractivity contribution is -0.758. The van der Waals surface area contributed by atoms with Crippen molar-refractivity contribution in [3.8, 4) is 5.75 Å². The van der Waals surface area contributed by atoms with E-state index in [1.807, 2.05) is 12.2 Å². The second-order valence-electron chi connectivity index (χ2n) is 9.52. The minimum absolute atomic E-state index is 0.0314. The molecule has 1 aromatic carbocycles. The molecule has 230 valence electrons. The second kappa shape index (κ2) is 17.6. The molecule has 0 aromatic heterocycles. The van der Waals surface area contributed by atoms with Gasteiger partial charge in [0.15, 0.2) is 0 Å². The van der Waals surface area contributed by atoms with Crippen LogP contribution in [0.5, 0.6) is 5.75 Å². The number of nitrogens with one attached hydrogen (secondary N) is 1. The van der Waals surface area contributed by atoms with Gasteiger partial charge in [0.05, 0.1) is 31.0 Å². The van der Waals surface area contributed by atoms with Gasteiger partial charge in [-0.1, -0.05) is 30.4 Å². The quantitative estimate of drug-likeness (QED) is 0.0872. The monoisotopic (exact) mass is 590 g/mol. The van der Waals surface area contributed by atoms with Crippen molar-refractivity contribution in [3.05, 3.63) is 64.2 Å². The first kappa shape index (κ1) is 34.0. The number of carbonyl (C=O) groups excluding carboxylic acids is 1. The highest BCUT2D eigenvalue weighted by atomic mass is 19.4. The normalized spacial score (nSPS) is 21.8. The van der Waals surface area contributed by atoms with Gasteiger partial charge in [-0.2, -0.15) is 13.2 Å². The van der Waals surface area contributed by atoms with Crippen molar-refractivity contribution in [2.45, 2.75) is 56.6 Å². The minimum Gasteiger partial charge on any atom is -0.491 e. The summed E-state index contributed by atoms with van der Waals surface area (Å²) in [6.07, 6.45) is 1.72. The minimum atomic E-state index is -4.51. The average molecular weight is 591 g/mol. The van der Waals surface area contributed by atoms with Crippen LogP contribution < -0.4 is 10.1 Å². The molecule has 0 aliphatic heterocycles. The summed E-state index contributed by atoms with van der Waals surface area (Å²) in [6, 6.07) is 4.34. The van der Waals surface area contributed by atoms with Gasteiger partial charge in [0.1, 0.15) is 25.1 Å². The standard InChI is InChI=1S/C27H37F3N2O9/c28-27(29,30)19-6-5-7-21(16-19)40-18-20(33)10-11-23-22(24(34)17-25(23)35)8-3-1-2-4-9-26(36)31-12-13-39-14-15-41-32(37)38/h1,3,5-7,10-11,16,20,22-25,33-35H,2,4,8-9,12-15,17-18H2,(H,31,36)/t20-,22-,23-,24+,25-/m1/s1. The number of amides is 1. The van der Waals surface area contributed by atoms with Gasteiger partial charge in [-0.15, -0.1) is 10.1 Å². The van der Waals surface area contributed by atoms with Gasteiger partial charge in [-0.05, 0) is 43.4 Å². The average Bonchev–Trinajstić information content (AvgIpc) is 3.18. The Balaban J connectivity index is 1.68. The van der Waals surface area contributed by atoms with E-state index < -0.39 is 41.1 Å². The molecule has 5 atom stereocenters. The van der Waals surface area contributed by atoms with Gasteiger partial charge in [0.2, 0.25) is 5.91 Å². The van der Waals surface area contributed by atoms with Crippen LogP contribution in [0.2, 0.25) is 0 Å². The van der Waals surface area contributed by atoms with Crippen molar-refractivity contribution < 1.29 is 52.7 Å². The van der Waals surface area contributed by atoms with E-state index in [-0.39, 0.29) is 57.0 Å². The number of unbranched alkanes of at least 4 members (excludes halogenated alkanes) is 1. The Kier molecular flexibility index (Phi) is 14.6. The van der Waals surface area contributed by atoms with Crippen LogP contribution in [0.1, 0.15) is 37.7 Å². The lowest BCUT2D eigenvalue weighted by Gasteiger charge is -2.19. The fraction of sp³-hybridized carbons (Fsp3) is 0.593. The summed E-state index contributed by atoms with van der Waals surface area (Å²) in [5, 5.41) is 42.7. The predicted molar refractivity (Wildman–Crippen MR) is 140 cm³/mol. The number of carbonyl (C=O) groups is 1. The molecule has 0 radical (unpaired) electrons. The van der Waals surface area contributed by atoms with Crippen LogP contribution in [-0.4, -0.2) is 77.6 Å².